The van der Waals surface area contributed by atoms with Crippen LogP contribution in [0.2, 0.25) is 0 Å². The number of nitrogens with one attached hydrogen (secondary N) is 2. The number of halogens is 4. The number of rotatable bonds is 7. The Balaban J connectivity index is 2.13. The Morgan fingerprint density at radius 2 is 1.77 bits per heavy atom. The van der Waals surface area contributed by atoms with Gasteiger partial charge in [-0.25, -0.2) is 4.39 Å². The molecular formula is C14H16F4N2O2. The molecule has 8 heteroatoms. The van der Waals surface area contributed by atoms with Crippen LogP contribution in [0.3, 0.4) is 0 Å². The predicted molar refractivity (Wildman–Crippen MR) is 71.4 cm³/mol. The van der Waals surface area contributed by atoms with E-state index in [1.807, 2.05) is 0 Å². The third kappa shape index (κ3) is 7.05. The van der Waals surface area contributed by atoms with Gasteiger partial charge in [-0.2, -0.15) is 13.2 Å². The normalized spacial score (nSPS) is 11.1. The Morgan fingerprint density at radius 3 is 2.41 bits per heavy atom. The monoisotopic (exact) mass is 320 g/mol. The topological polar surface area (TPSA) is 58.2 Å². The largest absolute Gasteiger partial charge is 0.471 e. The number of hydrogen-bond acceptors (Lipinski definition) is 2. The lowest BCUT2D eigenvalue weighted by atomic mass is 10.1. The van der Waals surface area contributed by atoms with Crippen LogP contribution in [0, 0.1) is 5.82 Å². The van der Waals surface area contributed by atoms with Gasteiger partial charge in [0.25, 0.3) is 0 Å². The zero-order valence-electron chi connectivity index (χ0n) is 11.7. The Morgan fingerprint density at radius 1 is 1.09 bits per heavy atom. The fourth-order valence-corrected chi connectivity index (χ4v) is 1.66. The number of carbonyl (C=O) groups excluding carboxylic acids is 2. The van der Waals surface area contributed by atoms with E-state index in [1.165, 1.54) is 12.1 Å². The number of carbonyl (C=O) groups is 2. The van der Waals surface area contributed by atoms with Crippen molar-refractivity contribution in [1.29, 1.82) is 0 Å². The molecule has 0 fully saturated rings. The van der Waals surface area contributed by atoms with E-state index in [2.05, 4.69) is 5.32 Å². The summed E-state index contributed by atoms with van der Waals surface area (Å²) in [6.45, 7) is -0.0252. The van der Waals surface area contributed by atoms with E-state index in [1.54, 1.807) is 17.4 Å². The van der Waals surface area contributed by atoms with Crippen LogP contribution in [-0.2, 0) is 16.0 Å². The van der Waals surface area contributed by atoms with Crippen molar-refractivity contribution in [1.82, 2.24) is 10.6 Å². The summed E-state index contributed by atoms with van der Waals surface area (Å²) in [4.78, 5) is 22.0. The minimum Gasteiger partial charge on any atom is -0.356 e. The molecule has 4 nitrogen and oxygen atoms in total. The number of aryl methyl sites for hydroxylation is 1. The molecule has 0 saturated carbocycles. The molecule has 0 bridgehead atoms. The Hall–Kier alpha value is -2.12. The standard InChI is InChI=1S/C14H16F4N2O2/c15-11-4-1-3-10(9-11)5-6-12(21)19-7-2-8-20-13(22)14(16,17)18/h1,3-4,9H,2,5-8H2,(H,19,21)(H,20,22). The summed E-state index contributed by atoms with van der Waals surface area (Å²) < 4.78 is 48.5. The summed E-state index contributed by atoms with van der Waals surface area (Å²) in [6.07, 6.45) is -4.19. The lowest BCUT2D eigenvalue weighted by Gasteiger charge is -2.08. The van der Waals surface area contributed by atoms with Crippen molar-refractivity contribution >= 4 is 11.8 Å². The first kappa shape index (κ1) is 17.9. The van der Waals surface area contributed by atoms with Crippen molar-refractivity contribution in [2.24, 2.45) is 0 Å². The average molecular weight is 320 g/mol. The second kappa shape index (κ2) is 8.35. The van der Waals surface area contributed by atoms with E-state index in [4.69, 9.17) is 0 Å². The van der Waals surface area contributed by atoms with Crippen LogP contribution in [0.1, 0.15) is 18.4 Å². The Kier molecular flexibility index (Phi) is 6.81. The van der Waals surface area contributed by atoms with Gasteiger partial charge in [-0.1, -0.05) is 12.1 Å². The fraction of sp³-hybridized carbons (Fsp3) is 0.429. The molecule has 0 aromatic heterocycles. The van der Waals surface area contributed by atoms with E-state index in [0.29, 0.717) is 12.0 Å². The van der Waals surface area contributed by atoms with Crippen molar-refractivity contribution < 1.29 is 27.2 Å². The number of benzene rings is 1. The van der Waals surface area contributed by atoms with Gasteiger partial charge in [-0.15, -0.1) is 0 Å². The van der Waals surface area contributed by atoms with Crippen LogP contribution < -0.4 is 10.6 Å². The third-order valence-corrected chi connectivity index (χ3v) is 2.75. The molecule has 0 aliphatic rings. The summed E-state index contributed by atoms with van der Waals surface area (Å²) in [7, 11) is 0. The lowest BCUT2D eigenvalue weighted by Crippen LogP contribution is -2.38. The molecule has 0 spiro atoms. The smallest absolute Gasteiger partial charge is 0.356 e. The highest BCUT2D eigenvalue weighted by atomic mass is 19.4. The van der Waals surface area contributed by atoms with Gasteiger partial charge in [0.2, 0.25) is 5.91 Å². The first-order chi connectivity index (χ1) is 10.3. The maximum Gasteiger partial charge on any atom is 0.471 e. The maximum absolute atomic E-state index is 12.9. The van der Waals surface area contributed by atoms with Gasteiger partial charge in [0.1, 0.15) is 5.82 Å². The molecule has 1 rings (SSSR count). The second-order valence-corrected chi connectivity index (χ2v) is 4.59. The molecule has 0 atom stereocenters. The van der Waals surface area contributed by atoms with Crippen LogP contribution in [0.5, 0.6) is 0 Å². The van der Waals surface area contributed by atoms with Crippen LogP contribution >= 0.6 is 0 Å². The summed E-state index contributed by atoms with van der Waals surface area (Å²) in [6, 6.07) is 5.88. The highest BCUT2D eigenvalue weighted by molar-refractivity contribution is 5.81. The summed E-state index contributed by atoms with van der Waals surface area (Å²) in [5.41, 5.74) is 0.688. The predicted octanol–water partition coefficient (Wildman–Crippen LogP) is 1.94. The van der Waals surface area contributed by atoms with Gasteiger partial charge < -0.3 is 10.6 Å². The van der Waals surface area contributed by atoms with Crippen LogP contribution in [0.15, 0.2) is 24.3 Å². The highest BCUT2D eigenvalue weighted by Gasteiger charge is 2.38. The quantitative estimate of drug-likeness (QED) is 0.596. The Bertz CT molecular complexity index is 518. The SMILES string of the molecule is O=C(CCc1cccc(F)c1)NCCCNC(=O)C(F)(F)F. The van der Waals surface area contributed by atoms with Crippen LogP contribution in [0.25, 0.3) is 0 Å². The van der Waals surface area contributed by atoms with Gasteiger partial charge in [-0.3, -0.25) is 9.59 Å². The second-order valence-electron chi connectivity index (χ2n) is 4.59. The fourth-order valence-electron chi connectivity index (χ4n) is 1.66. The van der Waals surface area contributed by atoms with E-state index in [0.717, 1.165) is 0 Å². The van der Waals surface area contributed by atoms with Crippen molar-refractivity contribution in [3.63, 3.8) is 0 Å². The van der Waals surface area contributed by atoms with E-state index >= 15 is 0 Å². The van der Waals surface area contributed by atoms with E-state index in [-0.39, 0.29) is 37.7 Å². The van der Waals surface area contributed by atoms with Gasteiger partial charge in [-0.05, 0) is 30.5 Å². The minimum absolute atomic E-state index is 0.151. The van der Waals surface area contributed by atoms with Gasteiger partial charge in [0.15, 0.2) is 0 Å². The molecule has 0 unspecified atom stereocenters. The zero-order chi connectivity index (χ0) is 16.6. The zero-order valence-corrected chi connectivity index (χ0v) is 11.7. The molecule has 2 N–H and O–H groups in total. The summed E-state index contributed by atoms with van der Waals surface area (Å²) >= 11 is 0. The molecule has 0 saturated heterocycles. The first-order valence-corrected chi connectivity index (χ1v) is 6.65. The molecule has 22 heavy (non-hydrogen) atoms. The molecular weight excluding hydrogens is 304 g/mol. The van der Waals surface area contributed by atoms with Crippen molar-refractivity contribution in [3.8, 4) is 0 Å². The van der Waals surface area contributed by atoms with Crippen molar-refractivity contribution in [2.75, 3.05) is 13.1 Å². The van der Waals surface area contributed by atoms with Crippen LogP contribution in [0.4, 0.5) is 17.6 Å². The average Bonchev–Trinajstić information content (AvgIpc) is 2.43. The molecule has 2 amide bonds. The van der Waals surface area contributed by atoms with E-state index in [9.17, 15) is 27.2 Å². The van der Waals surface area contributed by atoms with E-state index < -0.39 is 12.1 Å². The van der Waals surface area contributed by atoms with Crippen LogP contribution in [-0.4, -0.2) is 31.1 Å². The first-order valence-electron chi connectivity index (χ1n) is 6.65. The molecule has 0 aliphatic heterocycles. The molecule has 122 valence electrons. The van der Waals surface area contributed by atoms with Gasteiger partial charge in [0.05, 0.1) is 0 Å². The molecule has 0 aliphatic carbocycles. The minimum atomic E-state index is -4.89. The van der Waals surface area contributed by atoms with Gasteiger partial charge in [0, 0.05) is 19.5 Å². The number of amides is 2. The maximum atomic E-state index is 12.9. The number of hydrogen-bond donors (Lipinski definition) is 2. The highest BCUT2D eigenvalue weighted by Crippen LogP contribution is 2.13. The Labute approximate surface area is 124 Å². The third-order valence-electron chi connectivity index (χ3n) is 2.75. The number of alkyl halides is 3. The summed E-state index contributed by atoms with van der Waals surface area (Å²) in [5.74, 6) is -2.66. The molecule has 1 aromatic rings. The van der Waals surface area contributed by atoms with Crippen molar-refractivity contribution in [2.45, 2.75) is 25.4 Å². The molecule has 0 heterocycles. The van der Waals surface area contributed by atoms with Crippen molar-refractivity contribution in [3.05, 3.63) is 35.6 Å². The molecule has 0 radical (unpaired) electrons. The summed E-state index contributed by atoms with van der Waals surface area (Å²) in [5, 5.41) is 4.22. The van der Waals surface area contributed by atoms with Gasteiger partial charge >= 0.3 is 12.1 Å². The lowest BCUT2D eigenvalue weighted by molar-refractivity contribution is -0.173. The molecule has 1 aromatic carbocycles.